The first-order chi connectivity index (χ1) is 18.0. The molecule has 0 saturated heterocycles. The minimum atomic E-state index is -0.958. The quantitative estimate of drug-likeness (QED) is 0.0218. The van der Waals surface area contributed by atoms with Crippen LogP contribution in [0.1, 0.15) is 25.0 Å². The predicted molar refractivity (Wildman–Crippen MR) is 135 cm³/mol. The van der Waals surface area contributed by atoms with Crippen molar-refractivity contribution in [2.45, 2.75) is 31.8 Å². The van der Waals surface area contributed by atoms with Gasteiger partial charge < -0.3 is 7.43 Å². The zero-order chi connectivity index (χ0) is 28.1. The molecule has 2 bridgehead atoms. The number of carboxylic acids is 3. The number of aliphatic carboxylic acids is 3. The summed E-state index contributed by atoms with van der Waals surface area (Å²) in [4.78, 5) is 54.9. The Kier molecular flexibility index (Phi) is 20.2. The molecule has 1 unspecified atom stereocenters. The first-order valence-corrected chi connectivity index (χ1v) is 16.6. The number of halogens is 2. The van der Waals surface area contributed by atoms with E-state index in [1.54, 1.807) is 19.0 Å². The number of carboxylic acid groups (broad SMARTS) is 3. The van der Waals surface area contributed by atoms with Crippen molar-refractivity contribution in [2.24, 2.45) is 0 Å². The third-order valence-electron chi connectivity index (χ3n) is 5.50. The molecule has 0 spiro atoms. The van der Waals surface area contributed by atoms with Gasteiger partial charge in [-0.15, -0.1) is 0 Å². The number of nitrogens with one attached hydrogen (secondary N) is 1. The van der Waals surface area contributed by atoms with Gasteiger partial charge in [-0.3, -0.25) is 0 Å². The molecular formula is C24H39I2N6O7Zn-3. The summed E-state index contributed by atoms with van der Waals surface area (Å²) in [5.41, 5.74) is 0.785. The number of fused-ring (bicyclic) bond motifs is 2. The Morgan fingerprint density at radius 1 is 1.07 bits per heavy atom. The SMILES string of the molecule is CN(C)C(CCC(=O)NCCCN1CCN(CC(=O)O)[I-]c2cccc(n2)CN(CC(=O)O)[I-]C1)C(=O)O.[CH3-].[Zn]. The van der Waals surface area contributed by atoms with Crippen LogP contribution in [-0.4, -0.2) is 124 Å². The maximum absolute atomic E-state index is 12.2. The number of aromatic nitrogens is 1. The molecule has 2 rings (SSSR count). The number of amides is 1. The second-order valence-corrected chi connectivity index (χ2v) is 14.5. The molecular weight excluding hydrogens is 803 g/mol. The van der Waals surface area contributed by atoms with Gasteiger partial charge in [-0.05, 0) is 0 Å². The van der Waals surface area contributed by atoms with E-state index in [4.69, 9.17) is 0 Å². The standard InChI is InChI=1S/C23H36I2N6O7.CH3.Zn/c1-28(2)18(23(37)38)7-8-20(32)26-9-4-10-29-11-12-30(14-21(33)34)25-19-6-3-5-17(27-19)13-31(24-16-29)15-22(35)36;;/h3,5-6,18H,4,7-16H2,1-2H3,(H,26,32)(H,33,34)(H,35,36)(H,37,38);1H3;/q-2;-1;. The average molecular weight is 843 g/mol. The van der Waals surface area contributed by atoms with E-state index in [1.807, 2.05) is 24.4 Å². The van der Waals surface area contributed by atoms with E-state index in [1.165, 1.54) is 0 Å². The van der Waals surface area contributed by atoms with Crippen LogP contribution in [0.4, 0.5) is 0 Å². The molecule has 0 fully saturated rings. The summed E-state index contributed by atoms with van der Waals surface area (Å²) in [7, 11) is 3.34. The van der Waals surface area contributed by atoms with Crippen LogP contribution in [0.2, 0.25) is 0 Å². The van der Waals surface area contributed by atoms with E-state index < -0.39 is 66.9 Å². The van der Waals surface area contributed by atoms with Gasteiger partial charge in [0.05, 0.1) is 0 Å². The molecule has 226 valence electrons. The molecule has 0 radical (unpaired) electrons. The van der Waals surface area contributed by atoms with Crippen LogP contribution in [0.5, 0.6) is 0 Å². The number of likely N-dealkylation sites (N-methyl/N-ethyl adjacent to an activating group) is 1. The van der Waals surface area contributed by atoms with Crippen molar-refractivity contribution in [1.29, 1.82) is 0 Å². The molecule has 0 saturated carbocycles. The van der Waals surface area contributed by atoms with Crippen molar-refractivity contribution in [2.75, 3.05) is 57.9 Å². The van der Waals surface area contributed by atoms with Gasteiger partial charge >= 0.3 is 245 Å². The summed E-state index contributed by atoms with van der Waals surface area (Å²) in [6, 6.07) is 4.94. The summed E-state index contributed by atoms with van der Waals surface area (Å²) in [6.45, 7) is 2.60. The van der Waals surface area contributed by atoms with E-state index >= 15 is 0 Å². The van der Waals surface area contributed by atoms with Gasteiger partial charge in [0.1, 0.15) is 0 Å². The zero-order valence-electron chi connectivity index (χ0n) is 23.3. The van der Waals surface area contributed by atoms with Gasteiger partial charge in [-0.1, -0.05) is 0 Å². The van der Waals surface area contributed by atoms with Crippen LogP contribution < -0.4 is 48.3 Å². The van der Waals surface area contributed by atoms with Gasteiger partial charge in [0.2, 0.25) is 0 Å². The summed E-state index contributed by atoms with van der Waals surface area (Å²) in [5, 5.41) is 30.9. The summed E-state index contributed by atoms with van der Waals surface area (Å²) < 4.78 is 5.44. The number of carbonyl (C=O) groups is 4. The van der Waals surface area contributed by atoms with Crippen LogP contribution in [0.15, 0.2) is 18.2 Å². The van der Waals surface area contributed by atoms with Crippen LogP contribution in [-0.2, 0) is 45.2 Å². The first-order valence-electron chi connectivity index (χ1n) is 12.1. The normalized spacial score (nSPS) is 16.4. The number of alkyl halides is 1. The summed E-state index contributed by atoms with van der Waals surface area (Å²) in [5.74, 6) is -2.93. The fraction of sp³-hybridized carbons (Fsp3) is 0.583. The molecule has 2 heterocycles. The van der Waals surface area contributed by atoms with Crippen LogP contribution >= 0.6 is 0 Å². The number of hydrogen-bond acceptors (Lipinski definition) is 9. The number of hydrogen-bond donors (Lipinski definition) is 4. The van der Waals surface area contributed by atoms with Gasteiger partial charge in [-0.25, -0.2) is 0 Å². The van der Waals surface area contributed by atoms with Crippen LogP contribution in [0.3, 0.4) is 0 Å². The summed E-state index contributed by atoms with van der Waals surface area (Å²) in [6.07, 6.45) is 1.01. The van der Waals surface area contributed by atoms with Gasteiger partial charge in [0.15, 0.2) is 0 Å². The molecule has 4 N–H and O–H groups in total. The molecule has 1 aromatic heterocycles. The van der Waals surface area contributed by atoms with Crippen molar-refractivity contribution in [3.05, 3.63) is 35.0 Å². The molecule has 0 aliphatic carbocycles. The molecule has 40 heavy (non-hydrogen) atoms. The van der Waals surface area contributed by atoms with Gasteiger partial charge in [0, 0.05) is 19.5 Å². The number of carbonyl (C=O) groups excluding carboxylic acids is 1. The molecule has 1 aromatic rings. The van der Waals surface area contributed by atoms with Crippen molar-refractivity contribution >= 4 is 23.8 Å². The van der Waals surface area contributed by atoms with Gasteiger partial charge in [-0.2, -0.15) is 0 Å². The van der Waals surface area contributed by atoms with E-state index in [-0.39, 0.29) is 58.7 Å². The topological polar surface area (TPSA) is 167 Å². The Balaban J connectivity index is 0.00000760. The average Bonchev–Trinajstić information content (AvgIpc) is 2.81. The van der Waals surface area contributed by atoms with E-state index in [0.29, 0.717) is 43.7 Å². The van der Waals surface area contributed by atoms with Crippen molar-refractivity contribution < 1.29 is 96.9 Å². The van der Waals surface area contributed by atoms with E-state index in [2.05, 4.69) is 15.2 Å². The van der Waals surface area contributed by atoms with E-state index in [9.17, 15) is 34.5 Å². The van der Waals surface area contributed by atoms with Crippen LogP contribution in [0.25, 0.3) is 0 Å². The molecule has 1 amide bonds. The maximum atomic E-state index is 12.2. The molecule has 13 nitrogen and oxygen atoms in total. The Morgan fingerprint density at radius 3 is 2.38 bits per heavy atom. The van der Waals surface area contributed by atoms with Crippen molar-refractivity contribution in [1.82, 2.24) is 26.3 Å². The monoisotopic (exact) mass is 841 g/mol. The minimum Gasteiger partial charge on any atom is -0.358 e. The fourth-order valence-electron chi connectivity index (χ4n) is 3.59. The fourth-order valence-corrected chi connectivity index (χ4v) is 8.66. The second-order valence-electron chi connectivity index (χ2n) is 8.86. The predicted octanol–water partition coefficient (Wildman–Crippen LogP) is -6.45. The Labute approximate surface area is 270 Å². The number of rotatable bonds is 13. The van der Waals surface area contributed by atoms with Gasteiger partial charge in [0.25, 0.3) is 0 Å². The summed E-state index contributed by atoms with van der Waals surface area (Å²) >= 11 is -1.47. The molecule has 1 aliphatic heterocycles. The third-order valence-corrected chi connectivity index (χ3v) is 11.0. The Hall–Kier alpha value is -1.05. The Morgan fingerprint density at radius 2 is 1.75 bits per heavy atom. The number of pyridine rings is 1. The van der Waals surface area contributed by atoms with Crippen LogP contribution in [0, 0.1) is 11.1 Å². The van der Waals surface area contributed by atoms with Crippen molar-refractivity contribution in [3.63, 3.8) is 0 Å². The molecule has 1 atom stereocenters. The zero-order valence-corrected chi connectivity index (χ0v) is 30.5. The second kappa shape index (κ2) is 20.8. The van der Waals surface area contributed by atoms with E-state index in [0.717, 1.165) is 9.39 Å². The Bertz CT molecular complexity index is 917. The smallest absolute Gasteiger partial charge is 0.358 e. The van der Waals surface area contributed by atoms with Crippen molar-refractivity contribution in [3.8, 4) is 0 Å². The third kappa shape index (κ3) is 15.8. The molecule has 16 heteroatoms. The number of nitrogens with zero attached hydrogens (tertiary/aromatic N) is 5. The molecule has 1 aliphatic rings. The first kappa shape index (κ1) is 39.0. The molecule has 0 aromatic carbocycles. The minimum absolute atomic E-state index is 0.